The van der Waals surface area contributed by atoms with Crippen molar-refractivity contribution in [2.75, 3.05) is 13.2 Å². The fourth-order valence-corrected chi connectivity index (χ4v) is 5.25. The molecule has 0 bridgehead atoms. The van der Waals surface area contributed by atoms with Crippen LogP contribution in [-0.2, 0) is 23.4 Å². The van der Waals surface area contributed by atoms with Crippen molar-refractivity contribution in [2.24, 2.45) is 0 Å². The lowest BCUT2D eigenvalue weighted by Crippen LogP contribution is -2.27. The number of esters is 1. The fourth-order valence-electron chi connectivity index (χ4n) is 4.89. The molecule has 0 radical (unpaired) electrons. The van der Waals surface area contributed by atoms with Crippen LogP contribution in [0.4, 0.5) is 0 Å². The van der Waals surface area contributed by atoms with E-state index in [-0.39, 0.29) is 13.0 Å². The molecule has 0 aliphatic heterocycles. The van der Waals surface area contributed by atoms with Gasteiger partial charge >= 0.3 is 13.8 Å². The lowest BCUT2D eigenvalue weighted by atomic mass is 10.0. The van der Waals surface area contributed by atoms with E-state index in [1.54, 1.807) is 12.3 Å². The van der Waals surface area contributed by atoms with Crippen LogP contribution in [0, 0.1) is 0 Å². The zero-order valence-corrected chi connectivity index (χ0v) is 31.1. The van der Waals surface area contributed by atoms with Gasteiger partial charge in [0.15, 0.2) is 6.10 Å². The maximum atomic E-state index is 12.3. The van der Waals surface area contributed by atoms with E-state index in [2.05, 4.69) is 24.4 Å². The predicted molar refractivity (Wildman–Crippen MR) is 198 cm³/mol. The van der Waals surface area contributed by atoms with Gasteiger partial charge in [-0.1, -0.05) is 146 Å². The number of allylic oxidation sites excluding steroid dienone is 7. The molecule has 0 saturated heterocycles. The number of ether oxygens (including phenoxy) is 2. The molecule has 8 nitrogen and oxygen atoms in total. The molecule has 0 aromatic rings. The summed E-state index contributed by atoms with van der Waals surface area (Å²) in [5.74, 6) is -0.468. The van der Waals surface area contributed by atoms with Crippen LogP contribution in [0.25, 0.3) is 0 Å². The Balaban J connectivity index is 4.09. The van der Waals surface area contributed by atoms with Crippen molar-refractivity contribution in [2.45, 2.75) is 167 Å². The SMILES string of the molecule is CCCCC/C=C\C=C/[C@H](O)C/C=C\C/C=C/CCCC(=O)O[C@H](CO/C=C/CCCCCCCCCCCCCC)COP(=O)(O)O. The van der Waals surface area contributed by atoms with E-state index >= 15 is 0 Å². The van der Waals surface area contributed by atoms with Crippen molar-refractivity contribution in [1.82, 2.24) is 0 Å². The van der Waals surface area contributed by atoms with E-state index in [1.807, 2.05) is 42.5 Å². The molecule has 0 amide bonds. The van der Waals surface area contributed by atoms with Crippen LogP contribution in [0.1, 0.15) is 155 Å². The highest BCUT2D eigenvalue weighted by molar-refractivity contribution is 7.46. The Kier molecular flexibility index (Phi) is 33.5. The summed E-state index contributed by atoms with van der Waals surface area (Å²) in [7, 11) is -4.70. The summed E-state index contributed by atoms with van der Waals surface area (Å²) in [4.78, 5) is 30.4. The van der Waals surface area contributed by atoms with Crippen LogP contribution in [0.5, 0.6) is 0 Å². The van der Waals surface area contributed by atoms with Gasteiger partial charge in [-0.05, 0) is 57.4 Å². The summed E-state index contributed by atoms with van der Waals surface area (Å²) >= 11 is 0. The van der Waals surface area contributed by atoms with E-state index in [0.29, 0.717) is 19.3 Å². The molecule has 0 fully saturated rings. The quantitative estimate of drug-likeness (QED) is 0.0152. The van der Waals surface area contributed by atoms with Gasteiger partial charge in [-0.3, -0.25) is 9.32 Å². The molecule has 0 aromatic heterocycles. The van der Waals surface area contributed by atoms with Crippen LogP contribution in [0.2, 0.25) is 0 Å². The Bertz CT molecular complexity index is 921. The lowest BCUT2D eigenvalue weighted by molar-refractivity contribution is -0.153. The van der Waals surface area contributed by atoms with Gasteiger partial charge in [0, 0.05) is 6.42 Å². The normalized spacial score (nSPS) is 13.9. The number of rotatable bonds is 34. The third-order valence-electron chi connectivity index (χ3n) is 7.72. The standard InChI is InChI=1S/C39H69O8P/c1-3-5-7-9-11-12-13-14-15-16-17-22-26-30-34-45-35-38(36-46-48(42,43)44)47-39(41)33-29-25-21-18-20-24-28-32-37(40)31-27-23-19-10-8-6-4-2/h18-19,21,23-24,27-28,30-31,34,37-38,40H,3-17,20,22,25-26,29,32-33,35-36H2,1-2H3,(H2,42,43,44)/b21-18+,23-19-,28-24-,31-27-,34-30+/t37-,38+/m0/s1. The highest BCUT2D eigenvalue weighted by Gasteiger charge is 2.21. The summed E-state index contributed by atoms with van der Waals surface area (Å²) < 4.78 is 26.6. The summed E-state index contributed by atoms with van der Waals surface area (Å²) in [5.41, 5.74) is 0. The first-order valence-electron chi connectivity index (χ1n) is 18.8. The minimum absolute atomic E-state index is 0.0485. The first-order chi connectivity index (χ1) is 23.3. The molecule has 0 rings (SSSR count). The number of phosphoric ester groups is 1. The van der Waals surface area contributed by atoms with Crippen LogP contribution in [0.15, 0.2) is 60.9 Å². The van der Waals surface area contributed by atoms with Gasteiger partial charge in [-0.2, -0.15) is 0 Å². The van der Waals surface area contributed by atoms with E-state index in [4.69, 9.17) is 19.3 Å². The molecule has 0 spiro atoms. The van der Waals surface area contributed by atoms with Crippen molar-refractivity contribution < 1.29 is 38.3 Å². The number of unbranched alkanes of at least 4 members (excludes halogenated alkanes) is 16. The Morgan fingerprint density at radius 3 is 1.90 bits per heavy atom. The van der Waals surface area contributed by atoms with E-state index < -0.39 is 32.6 Å². The number of hydrogen-bond donors (Lipinski definition) is 3. The number of carbonyl (C=O) groups is 1. The Morgan fingerprint density at radius 1 is 0.667 bits per heavy atom. The van der Waals surface area contributed by atoms with E-state index in [9.17, 15) is 14.5 Å². The third-order valence-corrected chi connectivity index (χ3v) is 8.20. The molecule has 0 aromatic carbocycles. The van der Waals surface area contributed by atoms with Gasteiger partial charge in [-0.25, -0.2) is 4.57 Å². The number of carbonyl (C=O) groups excluding carboxylic acids is 1. The lowest BCUT2D eigenvalue weighted by Gasteiger charge is -2.17. The second-order valence-electron chi connectivity index (χ2n) is 12.5. The predicted octanol–water partition coefficient (Wildman–Crippen LogP) is 10.7. The van der Waals surface area contributed by atoms with Crippen molar-refractivity contribution >= 4 is 13.8 Å². The molecule has 0 aliphatic carbocycles. The van der Waals surface area contributed by atoms with Gasteiger partial charge < -0.3 is 24.4 Å². The van der Waals surface area contributed by atoms with Gasteiger partial charge in [0.05, 0.1) is 19.0 Å². The maximum absolute atomic E-state index is 12.3. The second-order valence-corrected chi connectivity index (χ2v) is 13.7. The monoisotopic (exact) mass is 696 g/mol. The average Bonchev–Trinajstić information content (AvgIpc) is 3.05. The summed E-state index contributed by atoms with van der Waals surface area (Å²) in [6.07, 6.45) is 41.8. The van der Waals surface area contributed by atoms with Crippen molar-refractivity contribution in [3.8, 4) is 0 Å². The van der Waals surface area contributed by atoms with E-state index in [0.717, 1.165) is 25.7 Å². The molecular formula is C39H69O8P. The number of aliphatic hydroxyl groups is 1. The minimum atomic E-state index is -4.70. The first kappa shape index (κ1) is 46.0. The molecule has 0 heterocycles. The summed E-state index contributed by atoms with van der Waals surface area (Å²) in [6.45, 7) is 3.94. The second kappa shape index (κ2) is 34.9. The number of phosphoric acid groups is 1. The molecule has 0 saturated carbocycles. The van der Waals surface area contributed by atoms with Gasteiger partial charge in [0.25, 0.3) is 0 Å². The smallest absolute Gasteiger partial charge is 0.469 e. The zero-order valence-electron chi connectivity index (χ0n) is 30.2. The van der Waals surface area contributed by atoms with Crippen molar-refractivity contribution in [1.29, 1.82) is 0 Å². The fraction of sp³-hybridized carbons (Fsp3) is 0.718. The van der Waals surface area contributed by atoms with Gasteiger partial charge in [0.1, 0.15) is 6.61 Å². The summed E-state index contributed by atoms with van der Waals surface area (Å²) in [6, 6.07) is 0. The molecule has 2 atom stereocenters. The number of hydrogen-bond acceptors (Lipinski definition) is 6. The Morgan fingerprint density at radius 2 is 1.23 bits per heavy atom. The molecule has 48 heavy (non-hydrogen) atoms. The highest BCUT2D eigenvalue weighted by atomic mass is 31.2. The molecule has 9 heteroatoms. The first-order valence-corrected chi connectivity index (χ1v) is 20.3. The highest BCUT2D eigenvalue weighted by Crippen LogP contribution is 2.35. The van der Waals surface area contributed by atoms with Crippen LogP contribution in [-0.4, -0.2) is 46.3 Å². The number of aliphatic hydroxyl groups excluding tert-OH is 1. The van der Waals surface area contributed by atoms with Gasteiger partial charge in [-0.15, -0.1) is 0 Å². The molecule has 0 aliphatic rings. The maximum Gasteiger partial charge on any atom is 0.469 e. The molecule has 0 unspecified atom stereocenters. The average molecular weight is 697 g/mol. The third kappa shape index (κ3) is 36.9. The van der Waals surface area contributed by atoms with Crippen molar-refractivity contribution in [3.05, 3.63) is 60.9 Å². The topological polar surface area (TPSA) is 123 Å². The zero-order chi connectivity index (χ0) is 35.4. The summed E-state index contributed by atoms with van der Waals surface area (Å²) in [5, 5.41) is 10.0. The minimum Gasteiger partial charge on any atom is -0.498 e. The van der Waals surface area contributed by atoms with Crippen LogP contribution >= 0.6 is 7.82 Å². The van der Waals surface area contributed by atoms with Crippen LogP contribution < -0.4 is 0 Å². The van der Waals surface area contributed by atoms with Crippen molar-refractivity contribution in [3.63, 3.8) is 0 Å². The molecule has 3 N–H and O–H groups in total. The van der Waals surface area contributed by atoms with Crippen LogP contribution in [0.3, 0.4) is 0 Å². The Labute approximate surface area is 293 Å². The largest absolute Gasteiger partial charge is 0.498 e. The molecule has 278 valence electrons. The van der Waals surface area contributed by atoms with E-state index in [1.165, 1.54) is 89.9 Å². The van der Waals surface area contributed by atoms with Gasteiger partial charge in [0.2, 0.25) is 0 Å². The Hall–Kier alpha value is -1.96. The molecular weight excluding hydrogens is 627 g/mol.